The van der Waals surface area contributed by atoms with E-state index in [2.05, 4.69) is 6.92 Å². The summed E-state index contributed by atoms with van der Waals surface area (Å²) in [4.78, 5) is 0. The van der Waals surface area contributed by atoms with Crippen molar-refractivity contribution < 1.29 is 0 Å². The summed E-state index contributed by atoms with van der Waals surface area (Å²) in [5.41, 5.74) is 8.34. The number of rotatable bonds is 0. The third-order valence-corrected chi connectivity index (χ3v) is 3.46. The SMILES string of the molecule is CC1CCC(N)c2cc(Cl)cc(Cl)c21. The van der Waals surface area contributed by atoms with Gasteiger partial charge in [-0.2, -0.15) is 0 Å². The van der Waals surface area contributed by atoms with Gasteiger partial charge in [0.15, 0.2) is 0 Å². The summed E-state index contributed by atoms with van der Waals surface area (Å²) < 4.78 is 0. The van der Waals surface area contributed by atoms with Crippen LogP contribution in [0.4, 0.5) is 0 Å². The quantitative estimate of drug-likeness (QED) is 0.718. The molecule has 0 fully saturated rings. The third-order valence-electron chi connectivity index (χ3n) is 2.93. The second kappa shape index (κ2) is 3.73. The minimum absolute atomic E-state index is 0.0948. The van der Waals surface area contributed by atoms with Crippen LogP contribution in [0, 0.1) is 0 Å². The number of hydrogen-bond donors (Lipinski definition) is 1. The zero-order valence-corrected chi connectivity index (χ0v) is 9.57. The average Bonchev–Trinajstić information content (AvgIpc) is 2.10. The maximum atomic E-state index is 6.17. The zero-order chi connectivity index (χ0) is 10.3. The molecule has 0 heterocycles. The number of nitrogens with two attached hydrogens (primary N) is 1. The normalized spacial score (nSPS) is 26.0. The molecule has 2 atom stereocenters. The van der Waals surface area contributed by atoms with Crippen LogP contribution in [0.3, 0.4) is 0 Å². The van der Waals surface area contributed by atoms with Gasteiger partial charge in [-0.25, -0.2) is 0 Å². The Morgan fingerprint density at radius 1 is 1.29 bits per heavy atom. The van der Waals surface area contributed by atoms with Gasteiger partial charge in [0.1, 0.15) is 0 Å². The van der Waals surface area contributed by atoms with Crippen LogP contribution in [0.5, 0.6) is 0 Å². The highest BCUT2D eigenvalue weighted by atomic mass is 35.5. The molecule has 0 aliphatic heterocycles. The topological polar surface area (TPSA) is 26.0 Å². The van der Waals surface area contributed by atoms with Crippen molar-refractivity contribution in [2.24, 2.45) is 5.73 Å². The van der Waals surface area contributed by atoms with Crippen molar-refractivity contribution in [3.05, 3.63) is 33.3 Å². The standard InChI is InChI=1S/C11H13Cl2N/c1-6-2-3-10(14)8-4-7(12)5-9(13)11(6)8/h4-6,10H,2-3,14H2,1H3. The smallest absolute Gasteiger partial charge is 0.0458 e. The maximum absolute atomic E-state index is 6.17. The van der Waals surface area contributed by atoms with E-state index in [1.54, 1.807) is 6.07 Å². The second-order valence-corrected chi connectivity index (χ2v) is 4.82. The van der Waals surface area contributed by atoms with Gasteiger partial charge in [-0.1, -0.05) is 30.1 Å². The van der Waals surface area contributed by atoms with Crippen molar-refractivity contribution in [1.82, 2.24) is 0 Å². The van der Waals surface area contributed by atoms with Crippen LogP contribution in [-0.2, 0) is 0 Å². The van der Waals surface area contributed by atoms with Gasteiger partial charge in [-0.05, 0) is 42.0 Å². The Kier molecular flexibility index (Phi) is 2.74. The third kappa shape index (κ3) is 1.65. The number of benzene rings is 1. The van der Waals surface area contributed by atoms with Gasteiger partial charge in [0.25, 0.3) is 0 Å². The van der Waals surface area contributed by atoms with Gasteiger partial charge in [-0.3, -0.25) is 0 Å². The van der Waals surface area contributed by atoms with Gasteiger partial charge >= 0.3 is 0 Å². The van der Waals surface area contributed by atoms with Gasteiger partial charge in [0.05, 0.1) is 0 Å². The van der Waals surface area contributed by atoms with Crippen molar-refractivity contribution in [1.29, 1.82) is 0 Å². The summed E-state index contributed by atoms with van der Waals surface area (Å²) in [6.45, 7) is 2.19. The number of hydrogen-bond acceptors (Lipinski definition) is 1. The fourth-order valence-electron chi connectivity index (χ4n) is 2.16. The molecule has 0 saturated carbocycles. The summed E-state index contributed by atoms with van der Waals surface area (Å²) in [7, 11) is 0. The molecule has 1 aliphatic rings. The van der Waals surface area contributed by atoms with Crippen LogP contribution in [0.1, 0.15) is 42.9 Å². The highest BCUT2D eigenvalue weighted by Gasteiger charge is 2.24. The Morgan fingerprint density at radius 3 is 2.71 bits per heavy atom. The summed E-state index contributed by atoms with van der Waals surface area (Å²) in [5.74, 6) is 0.495. The lowest BCUT2D eigenvalue weighted by atomic mass is 9.81. The average molecular weight is 230 g/mol. The molecule has 0 radical (unpaired) electrons. The molecule has 3 heteroatoms. The summed E-state index contributed by atoms with van der Waals surface area (Å²) >= 11 is 12.1. The Labute approximate surface area is 94.2 Å². The fraction of sp³-hybridized carbons (Fsp3) is 0.455. The molecule has 1 aliphatic carbocycles. The minimum Gasteiger partial charge on any atom is -0.324 e. The van der Waals surface area contributed by atoms with Crippen molar-refractivity contribution in [3.63, 3.8) is 0 Å². The molecule has 2 rings (SSSR count). The van der Waals surface area contributed by atoms with Crippen LogP contribution >= 0.6 is 23.2 Å². The fourth-order valence-corrected chi connectivity index (χ4v) is 2.86. The van der Waals surface area contributed by atoms with Crippen LogP contribution in [0.15, 0.2) is 12.1 Å². The van der Waals surface area contributed by atoms with Crippen LogP contribution in [0.2, 0.25) is 10.0 Å². The van der Waals surface area contributed by atoms with E-state index >= 15 is 0 Å². The van der Waals surface area contributed by atoms with E-state index in [-0.39, 0.29) is 6.04 Å². The predicted molar refractivity (Wildman–Crippen MR) is 61.0 cm³/mol. The van der Waals surface area contributed by atoms with E-state index in [0.717, 1.165) is 23.4 Å². The van der Waals surface area contributed by atoms with E-state index in [1.807, 2.05) is 6.07 Å². The molecule has 14 heavy (non-hydrogen) atoms. The molecular weight excluding hydrogens is 217 g/mol. The molecule has 0 aromatic heterocycles. The molecule has 0 amide bonds. The van der Waals surface area contributed by atoms with E-state index in [4.69, 9.17) is 28.9 Å². The molecule has 0 bridgehead atoms. The Hall–Kier alpha value is -0.240. The van der Waals surface area contributed by atoms with Crippen LogP contribution in [-0.4, -0.2) is 0 Å². The molecular formula is C11H13Cl2N. The Morgan fingerprint density at radius 2 is 2.00 bits per heavy atom. The molecule has 2 unspecified atom stereocenters. The lowest BCUT2D eigenvalue weighted by molar-refractivity contribution is 0.514. The minimum atomic E-state index is 0.0948. The number of halogens is 2. The van der Waals surface area contributed by atoms with Gasteiger partial charge in [-0.15, -0.1) is 0 Å². The highest BCUT2D eigenvalue weighted by molar-refractivity contribution is 6.35. The molecule has 1 aromatic rings. The first-order valence-electron chi connectivity index (χ1n) is 4.84. The van der Waals surface area contributed by atoms with Gasteiger partial charge in [0.2, 0.25) is 0 Å². The molecule has 0 saturated heterocycles. The van der Waals surface area contributed by atoms with E-state index in [0.29, 0.717) is 10.9 Å². The Balaban J connectivity index is 2.60. The van der Waals surface area contributed by atoms with Crippen molar-refractivity contribution >= 4 is 23.2 Å². The van der Waals surface area contributed by atoms with E-state index < -0.39 is 0 Å². The highest BCUT2D eigenvalue weighted by Crippen LogP contribution is 2.41. The first-order chi connectivity index (χ1) is 6.59. The lowest BCUT2D eigenvalue weighted by Gasteiger charge is -2.28. The van der Waals surface area contributed by atoms with Gasteiger partial charge < -0.3 is 5.73 Å². The molecule has 1 nitrogen and oxygen atoms in total. The Bertz CT molecular complexity index is 363. The first-order valence-corrected chi connectivity index (χ1v) is 5.59. The molecule has 1 aromatic carbocycles. The zero-order valence-electron chi connectivity index (χ0n) is 8.06. The lowest BCUT2D eigenvalue weighted by Crippen LogP contribution is -2.19. The number of fused-ring (bicyclic) bond motifs is 1. The summed E-state index contributed by atoms with van der Waals surface area (Å²) in [6, 6.07) is 3.84. The second-order valence-electron chi connectivity index (χ2n) is 3.98. The maximum Gasteiger partial charge on any atom is 0.0458 e. The van der Waals surface area contributed by atoms with E-state index in [1.165, 1.54) is 5.56 Å². The van der Waals surface area contributed by atoms with Crippen molar-refractivity contribution in [3.8, 4) is 0 Å². The van der Waals surface area contributed by atoms with Crippen molar-refractivity contribution in [2.75, 3.05) is 0 Å². The summed E-state index contributed by atoms with van der Waals surface area (Å²) in [5, 5.41) is 1.44. The van der Waals surface area contributed by atoms with Gasteiger partial charge in [0, 0.05) is 16.1 Å². The van der Waals surface area contributed by atoms with Crippen LogP contribution in [0.25, 0.3) is 0 Å². The first kappa shape index (κ1) is 10.3. The van der Waals surface area contributed by atoms with Crippen molar-refractivity contribution in [2.45, 2.75) is 31.7 Å². The molecule has 76 valence electrons. The summed E-state index contributed by atoms with van der Waals surface area (Å²) in [6.07, 6.45) is 2.13. The molecule has 2 N–H and O–H groups in total. The van der Waals surface area contributed by atoms with Crippen LogP contribution < -0.4 is 5.73 Å². The largest absolute Gasteiger partial charge is 0.324 e. The monoisotopic (exact) mass is 229 g/mol. The predicted octanol–water partition coefficient (Wildman–Crippen LogP) is 3.89. The molecule has 0 spiro atoms. The van der Waals surface area contributed by atoms with E-state index in [9.17, 15) is 0 Å².